The van der Waals surface area contributed by atoms with Gasteiger partial charge in [0.15, 0.2) is 0 Å². The van der Waals surface area contributed by atoms with Gasteiger partial charge in [0, 0.05) is 26.2 Å². The summed E-state index contributed by atoms with van der Waals surface area (Å²) in [5, 5.41) is 0. The minimum absolute atomic E-state index is 0.123. The Morgan fingerprint density at radius 1 is 1.17 bits per heavy atom. The molecular formula is C12H22N2O3S. The first-order valence-corrected chi connectivity index (χ1v) is 8.42. The molecule has 2 rings (SSSR count). The summed E-state index contributed by atoms with van der Waals surface area (Å²) in [6, 6.07) is 0. The number of likely N-dealkylation sites (tertiary alicyclic amines) is 1. The highest BCUT2D eigenvalue weighted by Crippen LogP contribution is 2.23. The molecule has 2 aliphatic rings. The Morgan fingerprint density at radius 3 is 2.44 bits per heavy atom. The molecule has 0 spiro atoms. The molecule has 2 fully saturated rings. The van der Waals surface area contributed by atoms with Crippen molar-refractivity contribution in [3.8, 4) is 0 Å². The Morgan fingerprint density at radius 2 is 1.83 bits per heavy atom. The molecule has 0 aromatic rings. The van der Waals surface area contributed by atoms with Crippen molar-refractivity contribution in [2.24, 2.45) is 5.92 Å². The fraction of sp³-hybridized carbons (Fsp3) is 0.917. The molecule has 0 N–H and O–H groups in total. The third-order valence-electron chi connectivity index (χ3n) is 3.91. The third kappa shape index (κ3) is 2.85. The van der Waals surface area contributed by atoms with Gasteiger partial charge in [-0.1, -0.05) is 0 Å². The lowest BCUT2D eigenvalue weighted by atomic mass is 9.98. The Labute approximate surface area is 109 Å². The summed E-state index contributed by atoms with van der Waals surface area (Å²) < 4.78 is 25.2. The predicted molar refractivity (Wildman–Crippen MR) is 69.6 cm³/mol. The second-order valence-corrected chi connectivity index (χ2v) is 7.39. The number of rotatable bonds is 3. The highest BCUT2D eigenvalue weighted by atomic mass is 32.2. The molecule has 1 atom stereocenters. The lowest BCUT2D eigenvalue weighted by molar-refractivity contribution is -0.135. The molecule has 104 valence electrons. The van der Waals surface area contributed by atoms with Gasteiger partial charge in [-0.3, -0.25) is 4.79 Å². The number of carbonyl (C=O) groups is 1. The van der Waals surface area contributed by atoms with Crippen LogP contribution in [0.3, 0.4) is 0 Å². The van der Waals surface area contributed by atoms with Crippen LogP contribution in [0.2, 0.25) is 0 Å². The van der Waals surface area contributed by atoms with E-state index in [1.54, 1.807) is 6.92 Å². The second kappa shape index (κ2) is 5.57. The summed E-state index contributed by atoms with van der Waals surface area (Å²) in [6.07, 6.45) is 3.78. The van der Waals surface area contributed by atoms with Crippen molar-refractivity contribution >= 4 is 15.9 Å². The van der Waals surface area contributed by atoms with Crippen molar-refractivity contribution in [3.05, 3.63) is 0 Å². The van der Waals surface area contributed by atoms with Crippen molar-refractivity contribution in [3.63, 3.8) is 0 Å². The molecule has 0 saturated carbocycles. The summed E-state index contributed by atoms with van der Waals surface area (Å²) in [6.45, 7) is 4.29. The molecule has 0 radical (unpaired) electrons. The molecule has 2 saturated heterocycles. The van der Waals surface area contributed by atoms with Gasteiger partial charge >= 0.3 is 0 Å². The summed E-state index contributed by atoms with van der Waals surface area (Å²) in [5.74, 6) is 0.152. The van der Waals surface area contributed by atoms with E-state index in [0.717, 1.165) is 38.8 Å². The largest absolute Gasteiger partial charge is 0.342 e. The molecule has 1 amide bonds. The number of hydrogen-bond acceptors (Lipinski definition) is 3. The molecule has 18 heavy (non-hydrogen) atoms. The normalized spacial score (nSPS) is 26.5. The molecule has 6 heteroatoms. The number of amides is 1. The minimum Gasteiger partial charge on any atom is -0.342 e. The summed E-state index contributed by atoms with van der Waals surface area (Å²) in [7, 11) is -3.15. The maximum absolute atomic E-state index is 12.3. The smallest absolute Gasteiger partial charge is 0.227 e. The van der Waals surface area contributed by atoms with Crippen LogP contribution in [-0.2, 0) is 14.8 Å². The average Bonchev–Trinajstić information content (AvgIpc) is 2.92. The molecule has 0 aromatic carbocycles. The molecule has 0 aromatic heterocycles. The maximum atomic E-state index is 12.3. The molecule has 5 nitrogen and oxygen atoms in total. The zero-order valence-corrected chi connectivity index (χ0v) is 11.8. The zero-order chi connectivity index (χ0) is 13.2. The van der Waals surface area contributed by atoms with Gasteiger partial charge in [-0.05, 0) is 32.6 Å². The SMILES string of the molecule is CCS(=O)(=O)N1CCC[C@@H](C(=O)N2CCCC2)C1. The second-order valence-electron chi connectivity index (χ2n) is 5.13. The molecular weight excluding hydrogens is 252 g/mol. The van der Waals surface area contributed by atoms with E-state index >= 15 is 0 Å². The minimum atomic E-state index is -3.15. The van der Waals surface area contributed by atoms with Gasteiger partial charge in [-0.15, -0.1) is 0 Å². The fourth-order valence-corrected chi connectivity index (χ4v) is 3.95. The van der Waals surface area contributed by atoms with Gasteiger partial charge in [0.25, 0.3) is 0 Å². The van der Waals surface area contributed by atoms with E-state index in [1.807, 2.05) is 4.90 Å². The predicted octanol–water partition coefficient (Wildman–Crippen LogP) is 0.671. The Hall–Kier alpha value is -0.620. The highest BCUT2D eigenvalue weighted by Gasteiger charge is 2.34. The first-order chi connectivity index (χ1) is 8.54. The summed E-state index contributed by atoms with van der Waals surface area (Å²) in [4.78, 5) is 14.2. The van der Waals surface area contributed by atoms with Gasteiger partial charge in [0.05, 0.1) is 11.7 Å². The maximum Gasteiger partial charge on any atom is 0.227 e. The summed E-state index contributed by atoms with van der Waals surface area (Å²) >= 11 is 0. The molecule has 2 heterocycles. The summed E-state index contributed by atoms with van der Waals surface area (Å²) in [5.41, 5.74) is 0. The molecule has 0 aliphatic carbocycles. The lowest BCUT2D eigenvalue weighted by Gasteiger charge is -2.32. The molecule has 2 aliphatic heterocycles. The van der Waals surface area contributed by atoms with Crippen LogP contribution in [-0.4, -0.2) is 55.5 Å². The van der Waals surface area contributed by atoms with E-state index in [-0.39, 0.29) is 17.6 Å². The zero-order valence-electron chi connectivity index (χ0n) is 11.0. The standard InChI is InChI=1S/C12H22N2O3S/c1-2-18(16,17)14-9-5-6-11(10-14)12(15)13-7-3-4-8-13/h11H,2-10H2,1H3/t11-/m1/s1. The molecule has 0 unspecified atom stereocenters. The van der Waals surface area contributed by atoms with E-state index in [9.17, 15) is 13.2 Å². The van der Waals surface area contributed by atoms with Crippen LogP contribution < -0.4 is 0 Å². The van der Waals surface area contributed by atoms with Crippen LogP contribution in [0.15, 0.2) is 0 Å². The van der Waals surface area contributed by atoms with Crippen LogP contribution in [0.25, 0.3) is 0 Å². The van der Waals surface area contributed by atoms with E-state index in [0.29, 0.717) is 13.1 Å². The molecule has 0 bridgehead atoms. The Balaban J connectivity index is 2.00. The topological polar surface area (TPSA) is 57.7 Å². The van der Waals surface area contributed by atoms with E-state index in [4.69, 9.17) is 0 Å². The van der Waals surface area contributed by atoms with Gasteiger partial charge < -0.3 is 4.90 Å². The van der Waals surface area contributed by atoms with Crippen LogP contribution in [0, 0.1) is 5.92 Å². The van der Waals surface area contributed by atoms with Crippen LogP contribution >= 0.6 is 0 Å². The number of hydrogen-bond donors (Lipinski definition) is 0. The van der Waals surface area contributed by atoms with Crippen molar-refractivity contribution in [1.29, 1.82) is 0 Å². The van der Waals surface area contributed by atoms with Gasteiger partial charge in [0.1, 0.15) is 0 Å². The number of carbonyl (C=O) groups excluding carboxylic acids is 1. The van der Waals surface area contributed by atoms with E-state index < -0.39 is 10.0 Å². The van der Waals surface area contributed by atoms with E-state index in [2.05, 4.69) is 0 Å². The Bertz CT molecular complexity index is 402. The number of sulfonamides is 1. The van der Waals surface area contributed by atoms with Crippen molar-refractivity contribution in [1.82, 2.24) is 9.21 Å². The monoisotopic (exact) mass is 274 g/mol. The van der Waals surface area contributed by atoms with Crippen molar-refractivity contribution in [2.45, 2.75) is 32.6 Å². The van der Waals surface area contributed by atoms with Crippen molar-refractivity contribution in [2.75, 3.05) is 31.9 Å². The quantitative estimate of drug-likeness (QED) is 0.760. The number of nitrogens with zero attached hydrogens (tertiary/aromatic N) is 2. The van der Waals surface area contributed by atoms with Crippen LogP contribution in [0.4, 0.5) is 0 Å². The van der Waals surface area contributed by atoms with Crippen molar-refractivity contribution < 1.29 is 13.2 Å². The van der Waals surface area contributed by atoms with Gasteiger partial charge in [0.2, 0.25) is 15.9 Å². The third-order valence-corrected chi connectivity index (χ3v) is 5.76. The lowest BCUT2D eigenvalue weighted by Crippen LogP contribution is -2.46. The first-order valence-electron chi connectivity index (χ1n) is 6.81. The highest BCUT2D eigenvalue weighted by molar-refractivity contribution is 7.89. The fourth-order valence-electron chi connectivity index (χ4n) is 2.77. The van der Waals surface area contributed by atoms with Crippen LogP contribution in [0.1, 0.15) is 32.6 Å². The average molecular weight is 274 g/mol. The van der Waals surface area contributed by atoms with Crippen LogP contribution in [0.5, 0.6) is 0 Å². The van der Waals surface area contributed by atoms with E-state index in [1.165, 1.54) is 4.31 Å². The Kier molecular flexibility index (Phi) is 4.27. The first kappa shape index (κ1) is 13.8. The number of piperidine rings is 1. The van der Waals surface area contributed by atoms with Gasteiger partial charge in [-0.25, -0.2) is 12.7 Å². The van der Waals surface area contributed by atoms with Gasteiger partial charge in [-0.2, -0.15) is 0 Å².